The molecular formula is C35H43ClF5N9O3. The molecule has 5 aliphatic heterocycles. The number of halogens is 6. The minimum Gasteiger partial charge on any atom is -0.467 e. The second-order valence-electron chi connectivity index (χ2n) is 14.8. The van der Waals surface area contributed by atoms with Crippen LogP contribution in [0.15, 0.2) is 12.1 Å². The quantitative estimate of drug-likeness (QED) is 0.274. The van der Waals surface area contributed by atoms with E-state index in [0.717, 1.165) is 25.1 Å². The average molecular weight is 768 g/mol. The van der Waals surface area contributed by atoms with Gasteiger partial charge in [0.05, 0.1) is 54.0 Å². The monoisotopic (exact) mass is 767 g/mol. The van der Waals surface area contributed by atoms with Gasteiger partial charge in [0.2, 0.25) is 0 Å². The number of anilines is 2. The minimum atomic E-state index is -4.82. The summed E-state index contributed by atoms with van der Waals surface area (Å²) in [5, 5.41) is 4.78. The SMILES string of the molecule is COc1nc2c(c(N3CCCn4nc(C(=O)N5CCC(C)(N)C5)c(Cl)c4C3)n1)COC(c1c(C(F)(F)F)ccc(N)c1F)C2.FC1CC2CCCN2C1. The van der Waals surface area contributed by atoms with Crippen molar-refractivity contribution in [1.29, 1.82) is 0 Å². The number of aryl methyl sites for hydroxylation is 1. The number of ether oxygens (including phenoxy) is 2. The highest BCUT2D eigenvalue weighted by Gasteiger charge is 2.41. The molecule has 3 saturated heterocycles. The fraction of sp³-hybridized carbons (Fsp3) is 0.600. The van der Waals surface area contributed by atoms with Crippen LogP contribution in [-0.4, -0.2) is 93.0 Å². The van der Waals surface area contributed by atoms with Crippen molar-refractivity contribution in [1.82, 2.24) is 29.5 Å². The number of nitrogen functional groups attached to an aromatic ring is 1. The Morgan fingerprint density at radius 3 is 2.64 bits per heavy atom. The Kier molecular flexibility index (Phi) is 10.2. The molecule has 0 bridgehead atoms. The number of rotatable bonds is 4. The fourth-order valence-electron chi connectivity index (χ4n) is 8.07. The standard InChI is InChI=1S/C28H31ClF4N8O3.C7H12FN/c1-27(35)6-9-40(13-27)25(42)23-21(29)18-11-39(7-3-8-41(18)38-23)24-14-12-44-19(10-17(14)36-26(37-24)43-2)20-15(28(31,32)33)4-5-16(34)22(20)30;8-6-4-7-2-1-3-9(7)5-6/h4-5,19H,3,6-13,34-35H2,1-2H3;6-7H,1-5H2. The molecule has 3 fully saturated rings. The molecule has 4 unspecified atom stereocenters. The molecule has 0 spiro atoms. The van der Waals surface area contributed by atoms with Gasteiger partial charge in [-0.2, -0.15) is 28.2 Å². The number of carbonyl (C=O) groups is 1. The summed E-state index contributed by atoms with van der Waals surface area (Å²) in [6, 6.07) is 2.23. The van der Waals surface area contributed by atoms with E-state index in [-0.39, 0.29) is 42.2 Å². The van der Waals surface area contributed by atoms with E-state index in [2.05, 4.69) is 20.0 Å². The number of methoxy groups -OCH3 is 1. The maximum atomic E-state index is 15.1. The van der Waals surface area contributed by atoms with Gasteiger partial charge in [0.1, 0.15) is 12.0 Å². The van der Waals surface area contributed by atoms with Crippen molar-refractivity contribution in [3.8, 4) is 6.01 Å². The normalized spacial score (nSPS) is 25.7. The van der Waals surface area contributed by atoms with Gasteiger partial charge in [0, 0.05) is 61.9 Å². The fourth-order valence-corrected chi connectivity index (χ4v) is 8.35. The molecule has 0 radical (unpaired) electrons. The molecule has 288 valence electrons. The predicted molar refractivity (Wildman–Crippen MR) is 186 cm³/mol. The first kappa shape index (κ1) is 37.5. The largest absolute Gasteiger partial charge is 0.467 e. The van der Waals surface area contributed by atoms with E-state index in [0.29, 0.717) is 74.4 Å². The number of carbonyl (C=O) groups excluding carboxylic acids is 1. The number of alkyl halides is 4. The highest BCUT2D eigenvalue weighted by atomic mass is 35.5. The smallest absolute Gasteiger partial charge is 0.416 e. The second-order valence-corrected chi connectivity index (χ2v) is 15.1. The van der Waals surface area contributed by atoms with Gasteiger partial charge in [-0.3, -0.25) is 14.4 Å². The maximum Gasteiger partial charge on any atom is 0.416 e. The van der Waals surface area contributed by atoms with Crippen LogP contribution >= 0.6 is 11.6 Å². The van der Waals surface area contributed by atoms with E-state index >= 15 is 4.39 Å². The number of hydrogen-bond acceptors (Lipinski definition) is 10. The van der Waals surface area contributed by atoms with Crippen molar-refractivity contribution in [2.45, 2.75) is 95.2 Å². The lowest BCUT2D eigenvalue weighted by atomic mass is 9.94. The molecule has 18 heteroatoms. The number of benzene rings is 1. The Bertz CT molecular complexity index is 1860. The zero-order valence-corrected chi connectivity index (χ0v) is 30.3. The summed E-state index contributed by atoms with van der Waals surface area (Å²) in [5.74, 6) is -1.03. The first-order valence-corrected chi connectivity index (χ1v) is 18.2. The van der Waals surface area contributed by atoms with E-state index in [1.54, 1.807) is 9.58 Å². The molecule has 1 amide bonds. The van der Waals surface area contributed by atoms with Crippen molar-refractivity contribution < 1.29 is 36.2 Å². The molecule has 4 N–H and O–H groups in total. The lowest BCUT2D eigenvalue weighted by molar-refractivity contribution is -0.140. The molecule has 2 aromatic heterocycles. The summed E-state index contributed by atoms with van der Waals surface area (Å²) in [7, 11) is 1.37. The number of nitrogens with two attached hydrogens (primary N) is 2. The summed E-state index contributed by atoms with van der Waals surface area (Å²) in [4.78, 5) is 28.1. The van der Waals surface area contributed by atoms with Crippen molar-refractivity contribution in [2.24, 2.45) is 5.73 Å². The number of nitrogens with zero attached hydrogens (tertiary/aromatic N) is 7. The van der Waals surface area contributed by atoms with Gasteiger partial charge in [0.15, 0.2) is 11.5 Å². The van der Waals surface area contributed by atoms with Crippen LogP contribution in [0, 0.1) is 5.82 Å². The van der Waals surface area contributed by atoms with Crippen LogP contribution in [0.2, 0.25) is 5.02 Å². The Morgan fingerprint density at radius 1 is 1.15 bits per heavy atom. The molecule has 5 aliphatic rings. The van der Waals surface area contributed by atoms with E-state index in [1.807, 2.05) is 11.8 Å². The average Bonchev–Trinajstić information content (AvgIpc) is 3.84. The van der Waals surface area contributed by atoms with E-state index < -0.39 is 46.6 Å². The molecule has 4 atom stereocenters. The summed E-state index contributed by atoms with van der Waals surface area (Å²) < 4.78 is 82.1. The predicted octanol–water partition coefficient (Wildman–Crippen LogP) is 5.06. The van der Waals surface area contributed by atoms with Gasteiger partial charge in [0.25, 0.3) is 5.91 Å². The lowest BCUT2D eigenvalue weighted by Crippen LogP contribution is -2.40. The number of likely N-dealkylation sites (tertiary alicyclic amines) is 1. The van der Waals surface area contributed by atoms with Crippen LogP contribution in [0.1, 0.15) is 83.7 Å². The molecule has 0 saturated carbocycles. The number of amides is 1. The highest BCUT2D eigenvalue weighted by molar-refractivity contribution is 6.34. The number of aromatic nitrogens is 4. The topological polar surface area (TPSA) is 141 Å². The first-order valence-electron chi connectivity index (χ1n) is 17.8. The van der Waals surface area contributed by atoms with Crippen molar-refractivity contribution in [2.75, 3.05) is 50.5 Å². The zero-order chi connectivity index (χ0) is 37.8. The van der Waals surface area contributed by atoms with Gasteiger partial charge < -0.3 is 30.7 Å². The van der Waals surface area contributed by atoms with Gasteiger partial charge in [-0.25, -0.2) is 8.78 Å². The van der Waals surface area contributed by atoms with Crippen LogP contribution in [0.25, 0.3) is 0 Å². The zero-order valence-electron chi connectivity index (χ0n) is 29.6. The summed E-state index contributed by atoms with van der Waals surface area (Å²) in [6.07, 6.45) is -2.20. The van der Waals surface area contributed by atoms with Gasteiger partial charge in [-0.05, 0) is 57.7 Å². The third-order valence-electron chi connectivity index (χ3n) is 10.8. The Hall–Kier alpha value is -3.80. The summed E-state index contributed by atoms with van der Waals surface area (Å²) in [6.45, 7) is 5.70. The first-order chi connectivity index (χ1) is 25.1. The van der Waals surface area contributed by atoms with E-state index in [1.165, 1.54) is 20.0 Å². The summed E-state index contributed by atoms with van der Waals surface area (Å²) in [5.41, 5.74) is 10.8. The van der Waals surface area contributed by atoms with E-state index in [9.17, 15) is 22.4 Å². The van der Waals surface area contributed by atoms with Crippen LogP contribution in [0.3, 0.4) is 0 Å². The molecule has 8 rings (SSSR count). The van der Waals surface area contributed by atoms with Crippen LogP contribution in [-0.2, 0) is 37.0 Å². The molecular weight excluding hydrogens is 725 g/mol. The Balaban J connectivity index is 0.000000418. The maximum absolute atomic E-state index is 15.1. The molecule has 3 aromatic rings. The van der Waals surface area contributed by atoms with Crippen molar-refractivity contribution in [3.05, 3.63) is 56.7 Å². The molecule has 53 heavy (non-hydrogen) atoms. The summed E-state index contributed by atoms with van der Waals surface area (Å²) >= 11 is 6.77. The number of fused-ring (bicyclic) bond motifs is 3. The van der Waals surface area contributed by atoms with Crippen LogP contribution in [0.4, 0.5) is 33.5 Å². The Morgan fingerprint density at radius 2 is 1.94 bits per heavy atom. The van der Waals surface area contributed by atoms with Gasteiger partial charge in [-0.15, -0.1) is 0 Å². The second kappa shape index (κ2) is 14.5. The third kappa shape index (κ3) is 7.49. The molecule has 12 nitrogen and oxygen atoms in total. The Labute approximate surface area is 308 Å². The third-order valence-corrected chi connectivity index (χ3v) is 11.2. The van der Waals surface area contributed by atoms with Crippen LogP contribution < -0.4 is 21.1 Å². The lowest BCUT2D eigenvalue weighted by Gasteiger charge is -2.31. The van der Waals surface area contributed by atoms with Crippen LogP contribution in [0.5, 0.6) is 6.01 Å². The molecule has 0 aliphatic carbocycles. The van der Waals surface area contributed by atoms with Gasteiger partial charge >= 0.3 is 12.2 Å². The molecule has 1 aromatic carbocycles. The van der Waals surface area contributed by atoms with Gasteiger partial charge in [-0.1, -0.05) is 11.6 Å². The number of hydrogen-bond donors (Lipinski definition) is 2. The molecule has 7 heterocycles. The minimum absolute atomic E-state index is 0.0120. The highest BCUT2D eigenvalue weighted by Crippen LogP contribution is 2.43. The van der Waals surface area contributed by atoms with Crippen molar-refractivity contribution in [3.63, 3.8) is 0 Å². The van der Waals surface area contributed by atoms with E-state index in [4.69, 9.17) is 32.5 Å². The van der Waals surface area contributed by atoms with Crippen molar-refractivity contribution >= 4 is 29.0 Å².